The van der Waals surface area contributed by atoms with E-state index in [9.17, 15) is 5.11 Å². The molecule has 0 radical (unpaired) electrons. The summed E-state index contributed by atoms with van der Waals surface area (Å²) in [5.41, 5.74) is 13.6. The van der Waals surface area contributed by atoms with Crippen LogP contribution in [0.2, 0.25) is 0 Å². The summed E-state index contributed by atoms with van der Waals surface area (Å²) in [6, 6.07) is 3.55. The molecule has 0 spiro atoms. The van der Waals surface area contributed by atoms with Crippen LogP contribution in [-0.2, 0) is 6.42 Å². The van der Waals surface area contributed by atoms with Gasteiger partial charge in [0, 0.05) is 0 Å². The quantitative estimate of drug-likeness (QED) is 0.544. The number of nitrogen functional groups attached to an aromatic ring is 2. The van der Waals surface area contributed by atoms with Crippen LogP contribution in [0.4, 0.5) is 11.4 Å². The Labute approximate surface area is 103 Å². The van der Waals surface area contributed by atoms with Gasteiger partial charge in [-0.2, -0.15) is 0 Å². The SMILES string of the molecule is CC1CCC(Cc2ccc(O)c(N)c2N)CC1. The zero-order valence-corrected chi connectivity index (χ0v) is 10.4. The molecule has 0 heterocycles. The number of hydrogen-bond acceptors (Lipinski definition) is 3. The zero-order chi connectivity index (χ0) is 12.4. The van der Waals surface area contributed by atoms with Gasteiger partial charge in [-0.05, 0) is 42.7 Å². The molecule has 1 aliphatic carbocycles. The molecule has 17 heavy (non-hydrogen) atoms. The highest BCUT2D eigenvalue weighted by Crippen LogP contribution is 2.35. The van der Waals surface area contributed by atoms with Crippen molar-refractivity contribution in [3.05, 3.63) is 17.7 Å². The second-order valence-corrected chi connectivity index (χ2v) is 5.40. The molecule has 0 aliphatic heterocycles. The van der Waals surface area contributed by atoms with Crippen molar-refractivity contribution in [2.45, 2.75) is 39.0 Å². The van der Waals surface area contributed by atoms with Crippen LogP contribution in [0.1, 0.15) is 38.2 Å². The van der Waals surface area contributed by atoms with Crippen molar-refractivity contribution in [3.8, 4) is 5.75 Å². The number of phenols is 1. The molecule has 1 aromatic rings. The summed E-state index contributed by atoms with van der Waals surface area (Å²) < 4.78 is 0. The van der Waals surface area contributed by atoms with Crippen molar-refractivity contribution >= 4 is 11.4 Å². The molecule has 0 bridgehead atoms. The summed E-state index contributed by atoms with van der Waals surface area (Å²) in [5, 5.41) is 9.46. The topological polar surface area (TPSA) is 72.3 Å². The molecular formula is C14H22N2O. The Balaban J connectivity index is 2.06. The fourth-order valence-electron chi connectivity index (χ4n) is 2.69. The standard InChI is InChI=1S/C14H22N2O/c1-9-2-4-10(5-3-9)8-11-6-7-12(17)14(16)13(11)15/h6-7,9-10,17H,2-5,8,15-16H2,1H3. The normalized spacial score (nSPS) is 24.8. The molecule has 2 rings (SSSR count). The fourth-order valence-corrected chi connectivity index (χ4v) is 2.69. The average molecular weight is 234 g/mol. The first kappa shape index (κ1) is 12.1. The second kappa shape index (κ2) is 4.86. The predicted molar refractivity (Wildman–Crippen MR) is 71.8 cm³/mol. The number of phenolic OH excluding ortho intramolecular Hbond substituents is 1. The molecule has 0 saturated heterocycles. The fraction of sp³-hybridized carbons (Fsp3) is 0.571. The Kier molecular flexibility index (Phi) is 3.46. The lowest BCUT2D eigenvalue weighted by molar-refractivity contribution is 0.289. The van der Waals surface area contributed by atoms with E-state index in [-0.39, 0.29) is 5.75 Å². The average Bonchev–Trinajstić information content (AvgIpc) is 2.33. The van der Waals surface area contributed by atoms with Gasteiger partial charge in [-0.1, -0.05) is 25.8 Å². The van der Waals surface area contributed by atoms with E-state index >= 15 is 0 Å². The zero-order valence-electron chi connectivity index (χ0n) is 10.4. The molecule has 94 valence electrons. The highest BCUT2D eigenvalue weighted by Gasteiger charge is 2.19. The third kappa shape index (κ3) is 2.65. The minimum absolute atomic E-state index is 0.0866. The van der Waals surface area contributed by atoms with Gasteiger partial charge in [0.05, 0.1) is 11.4 Å². The number of anilines is 2. The lowest BCUT2D eigenvalue weighted by Crippen LogP contribution is -2.15. The van der Waals surface area contributed by atoms with Crippen LogP contribution in [0.15, 0.2) is 12.1 Å². The Morgan fingerprint density at radius 1 is 1.12 bits per heavy atom. The smallest absolute Gasteiger partial charge is 0.140 e. The van der Waals surface area contributed by atoms with Crippen LogP contribution in [-0.4, -0.2) is 5.11 Å². The van der Waals surface area contributed by atoms with Gasteiger partial charge >= 0.3 is 0 Å². The number of aromatic hydroxyl groups is 1. The molecule has 0 unspecified atom stereocenters. The van der Waals surface area contributed by atoms with Gasteiger partial charge in [-0.25, -0.2) is 0 Å². The minimum atomic E-state index is 0.0866. The summed E-state index contributed by atoms with van der Waals surface area (Å²) in [7, 11) is 0. The third-order valence-electron chi connectivity index (χ3n) is 4.00. The van der Waals surface area contributed by atoms with Gasteiger partial charge in [-0.3, -0.25) is 0 Å². The first-order chi connectivity index (χ1) is 8.08. The summed E-state index contributed by atoms with van der Waals surface area (Å²) in [6.07, 6.45) is 6.18. The number of benzene rings is 1. The van der Waals surface area contributed by atoms with Crippen LogP contribution in [0.5, 0.6) is 5.75 Å². The highest BCUT2D eigenvalue weighted by atomic mass is 16.3. The van der Waals surface area contributed by atoms with Crippen molar-refractivity contribution in [3.63, 3.8) is 0 Å². The van der Waals surface area contributed by atoms with Gasteiger partial charge in [0.1, 0.15) is 5.75 Å². The van der Waals surface area contributed by atoms with Crippen molar-refractivity contribution in [2.75, 3.05) is 11.5 Å². The Morgan fingerprint density at radius 2 is 1.76 bits per heavy atom. The van der Waals surface area contributed by atoms with E-state index in [2.05, 4.69) is 6.92 Å². The van der Waals surface area contributed by atoms with Crippen molar-refractivity contribution < 1.29 is 5.11 Å². The minimum Gasteiger partial charge on any atom is -0.506 e. The maximum atomic E-state index is 9.46. The van der Waals surface area contributed by atoms with Gasteiger partial charge in [0.2, 0.25) is 0 Å². The van der Waals surface area contributed by atoms with Gasteiger partial charge < -0.3 is 16.6 Å². The molecule has 0 atom stereocenters. The van der Waals surface area contributed by atoms with Crippen LogP contribution in [0.3, 0.4) is 0 Å². The number of hydrogen-bond donors (Lipinski definition) is 3. The molecule has 0 amide bonds. The molecular weight excluding hydrogens is 212 g/mol. The highest BCUT2D eigenvalue weighted by molar-refractivity contribution is 5.73. The molecule has 1 aromatic carbocycles. The van der Waals surface area contributed by atoms with E-state index in [0.717, 1.165) is 23.8 Å². The predicted octanol–water partition coefficient (Wildman–Crippen LogP) is 2.93. The lowest BCUT2D eigenvalue weighted by Gasteiger charge is -2.26. The third-order valence-corrected chi connectivity index (χ3v) is 4.00. The number of nitrogens with two attached hydrogens (primary N) is 2. The Bertz CT molecular complexity index is 395. The van der Waals surface area contributed by atoms with Crippen molar-refractivity contribution in [2.24, 2.45) is 11.8 Å². The Hall–Kier alpha value is -1.38. The van der Waals surface area contributed by atoms with E-state index in [1.165, 1.54) is 25.7 Å². The van der Waals surface area contributed by atoms with E-state index in [1.54, 1.807) is 6.07 Å². The second-order valence-electron chi connectivity index (χ2n) is 5.40. The molecule has 0 aromatic heterocycles. The van der Waals surface area contributed by atoms with E-state index in [0.29, 0.717) is 11.4 Å². The molecule has 3 nitrogen and oxygen atoms in total. The van der Waals surface area contributed by atoms with Crippen LogP contribution >= 0.6 is 0 Å². The molecule has 1 saturated carbocycles. The molecule has 1 aliphatic rings. The van der Waals surface area contributed by atoms with Crippen molar-refractivity contribution in [1.29, 1.82) is 0 Å². The lowest BCUT2D eigenvalue weighted by atomic mass is 9.80. The summed E-state index contributed by atoms with van der Waals surface area (Å²) >= 11 is 0. The molecule has 5 N–H and O–H groups in total. The first-order valence-corrected chi connectivity index (χ1v) is 6.43. The molecule has 1 fully saturated rings. The number of rotatable bonds is 2. The molecule has 3 heteroatoms. The first-order valence-electron chi connectivity index (χ1n) is 6.43. The van der Waals surface area contributed by atoms with Gasteiger partial charge in [0.25, 0.3) is 0 Å². The Morgan fingerprint density at radius 3 is 2.41 bits per heavy atom. The van der Waals surface area contributed by atoms with Crippen LogP contribution in [0, 0.1) is 11.8 Å². The largest absolute Gasteiger partial charge is 0.506 e. The van der Waals surface area contributed by atoms with Crippen LogP contribution < -0.4 is 11.5 Å². The van der Waals surface area contributed by atoms with E-state index in [1.807, 2.05) is 6.07 Å². The van der Waals surface area contributed by atoms with Crippen molar-refractivity contribution in [1.82, 2.24) is 0 Å². The summed E-state index contributed by atoms with van der Waals surface area (Å²) in [4.78, 5) is 0. The summed E-state index contributed by atoms with van der Waals surface area (Å²) in [6.45, 7) is 2.32. The maximum Gasteiger partial charge on any atom is 0.140 e. The maximum absolute atomic E-state index is 9.46. The van der Waals surface area contributed by atoms with Gasteiger partial charge in [-0.15, -0.1) is 0 Å². The monoisotopic (exact) mass is 234 g/mol. The van der Waals surface area contributed by atoms with Crippen LogP contribution in [0.25, 0.3) is 0 Å². The van der Waals surface area contributed by atoms with E-state index < -0.39 is 0 Å². The van der Waals surface area contributed by atoms with Gasteiger partial charge in [0.15, 0.2) is 0 Å². The van der Waals surface area contributed by atoms with E-state index in [4.69, 9.17) is 11.5 Å². The summed E-state index contributed by atoms with van der Waals surface area (Å²) in [5.74, 6) is 1.68.